The molecule has 2 aromatic carbocycles. The highest BCUT2D eigenvalue weighted by atomic mass is 35.5. The van der Waals surface area contributed by atoms with Crippen LogP contribution in [-0.4, -0.2) is 41.5 Å². The summed E-state index contributed by atoms with van der Waals surface area (Å²) in [5, 5.41) is 13.1. The molecule has 0 bridgehead atoms. The lowest BCUT2D eigenvalue weighted by Crippen LogP contribution is -2.37. The normalized spacial score (nSPS) is 20.1. The van der Waals surface area contributed by atoms with Crippen LogP contribution in [0, 0.1) is 23.1 Å². The number of H-pyrrole nitrogens is 1. The van der Waals surface area contributed by atoms with Crippen LogP contribution in [0.1, 0.15) is 54.4 Å². The molecule has 1 saturated carbocycles. The van der Waals surface area contributed by atoms with E-state index in [4.69, 9.17) is 5.26 Å². The monoisotopic (exact) mass is 520 g/mol. The first kappa shape index (κ1) is 26.9. The van der Waals surface area contributed by atoms with Gasteiger partial charge in [0.1, 0.15) is 5.82 Å². The van der Waals surface area contributed by atoms with Crippen LogP contribution >= 0.6 is 12.4 Å². The van der Waals surface area contributed by atoms with Gasteiger partial charge in [0.2, 0.25) is 5.91 Å². The molecule has 0 spiro atoms. The summed E-state index contributed by atoms with van der Waals surface area (Å²) in [5.41, 5.74) is 5.14. The number of nitriles is 1. The van der Waals surface area contributed by atoms with Crippen molar-refractivity contribution in [2.75, 3.05) is 19.6 Å². The lowest BCUT2D eigenvalue weighted by atomic mass is 9.84. The van der Waals surface area contributed by atoms with E-state index in [0.29, 0.717) is 5.92 Å². The van der Waals surface area contributed by atoms with Crippen molar-refractivity contribution < 1.29 is 9.18 Å². The van der Waals surface area contributed by atoms with Crippen molar-refractivity contribution in [3.63, 3.8) is 0 Å². The minimum absolute atomic E-state index is 0. The van der Waals surface area contributed by atoms with Crippen LogP contribution in [0.2, 0.25) is 0 Å². The fourth-order valence-electron chi connectivity index (χ4n) is 5.69. The van der Waals surface area contributed by atoms with Crippen LogP contribution in [0.4, 0.5) is 4.39 Å². The maximum absolute atomic E-state index is 13.6. The molecule has 3 aromatic rings. The lowest BCUT2D eigenvalue weighted by Gasteiger charge is -2.30. The molecule has 2 N–H and O–H groups in total. The Hall–Kier alpha value is -3.14. The number of carbonyl (C=O) groups excluding carboxylic acids is 1. The molecule has 0 radical (unpaired) electrons. The molecule has 0 saturated heterocycles. The molecule has 37 heavy (non-hydrogen) atoms. The topological polar surface area (TPSA) is 71.9 Å². The number of nitrogens with zero attached hydrogens (tertiary/aromatic N) is 2. The number of aromatic nitrogens is 1. The third-order valence-corrected chi connectivity index (χ3v) is 7.87. The highest BCUT2D eigenvalue weighted by molar-refractivity contribution is 5.96. The molecule has 1 amide bonds. The number of hydrogen-bond donors (Lipinski definition) is 2. The lowest BCUT2D eigenvalue weighted by molar-refractivity contribution is -0.117. The van der Waals surface area contributed by atoms with Gasteiger partial charge in [-0.3, -0.25) is 4.79 Å². The number of benzene rings is 2. The summed E-state index contributed by atoms with van der Waals surface area (Å²) in [7, 11) is 0. The van der Waals surface area contributed by atoms with Crippen LogP contribution < -0.4 is 5.32 Å². The Morgan fingerprint density at radius 1 is 1.11 bits per heavy atom. The van der Waals surface area contributed by atoms with E-state index < -0.39 is 0 Å². The van der Waals surface area contributed by atoms with Crippen molar-refractivity contribution in [3.8, 4) is 6.07 Å². The Kier molecular flexibility index (Phi) is 9.02. The van der Waals surface area contributed by atoms with Gasteiger partial charge >= 0.3 is 0 Å². The van der Waals surface area contributed by atoms with E-state index in [9.17, 15) is 9.18 Å². The molecule has 194 valence electrons. The van der Waals surface area contributed by atoms with Crippen LogP contribution in [0.3, 0.4) is 0 Å². The minimum atomic E-state index is -0.284. The fourth-order valence-corrected chi connectivity index (χ4v) is 5.69. The third kappa shape index (κ3) is 6.80. The zero-order valence-corrected chi connectivity index (χ0v) is 21.8. The highest BCUT2D eigenvalue weighted by Crippen LogP contribution is 2.28. The highest BCUT2D eigenvalue weighted by Gasteiger charge is 2.23. The summed E-state index contributed by atoms with van der Waals surface area (Å²) >= 11 is 0. The van der Waals surface area contributed by atoms with Crippen molar-refractivity contribution in [2.45, 2.75) is 51.0 Å². The average molecular weight is 521 g/mol. The second-order valence-electron chi connectivity index (χ2n) is 10.2. The van der Waals surface area contributed by atoms with Gasteiger partial charge in [-0.15, -0.1) is 12.4 Å². The van der Waals surface area contributed by atoms with E-state index in [1.807, 2.05) is 6.07 Å². The first-order chi connectivity index (χ1) is 17.6. The molecule has 0 atom stereocenters. The van der Waals surface area contributed by atoms with Crippen LogP contribution in [0.15, 0.2) is 48.7 Å². The van der Waals surface area contributed by atoms with Crippen molar-refractivity contribution in [1.29, 1.82) is 5.26 Å². The summed E-state index contributed by atoms with van der Waals surface area (Å²) in [6.45, 7) is 3.26. The summed E-state index contributed by atoms with van der Waals surface area (Å²) in [5.74, 6) is 0.339. The summed E-state index contributed by atoms with van der Waals surface area (Å²) in [6, 6.07) is 13.2. The van der Waals surface area contributed by atoms with E-state index in [0.717, 1.165) is 80.2 Å². The Bertz CT molecular complexity index is 1300. The van der Waals surface area contributed by atoms with E-state index in [1.165, 1.54) is 29.7 Å². The Labute approximate surface area is 224 Å². The standard InChI is InChI=1S/C30H33FN4O.ClH/c31-26-6-9-29-28(18-26)25(20-33-29)5-10-30(36)34-27-7-2-21(3-8-27)11-14-35-15-12-23-4-1-22(19-32)17-24(23)13-16-35;/h1,4-6,9-10,17-18,20-21,27,33H,2-3,7-8,11-16H2,(H,34,36);1H/b10-5+;. The number of aromatic amines is 1. The van der Waals surface area contributed by atoms with Crippen molar-refractivity contribution in [2.24, 2.45) is 5.92 Å². The van der Waals surface area contributed by atoms with E-state index in [2.05, 4.69) is 33.4 Å². The third-order valence-electron chi connectivity index (χ3n) is 7.87. The molecule has 0 unspecified atom stereocenters. The number of rotatable bonds is 6. The maximum Gasteiger partial charge on any atom is 0.244 e. The molecule has 1 aliphatic heterocycles. The predicted molar refractivity (Wildman–Crippen MR) is 148 cm³/mol. The molecule has 1 aromatic heterocycles. The molecule has 5 rings (SSSR count). The summed E-state index contributed by atoms with van der Waals surface area (Å²) in [4.78, 5) is 18.2. The molecule has 7 heteroatoms. The second kappa shape index (κ2) is 12.4. The molecular formula is C30H34ClFN4O. The van der Waals surface area contributed by atoms with Gasteiger partial charge in [-0.25, -0.2) is 4.39 Å². The van der Waals surface area contributed by atoms with Crippen LogP contribution in [-0.2, 0) is 17.6 Å². The molecule has 5 nitrogen and oxygen atoms in total. The average Bonchev–Trinajstić information content (AvgIpc) is 3.18. The largest absolute Gasteiger partial charge is 0.361 e. The van der Waals surface area contributed by atoms with Gasteiger partial charge in [-0.1, -0.05) is 6.07 Å². The molecular weight excluding hydrogens is 487 g/mol. The maximum atomic E-state index is 13.6. The molecule has 1 aliphatic carbocycles. The number of halogens is 2. The predicted octanol–water partition coefficient (Wildman–Crippen LogP) is 5.78. The van der Waals surface area contributed by atoms with Crippen molar-refractivity contribution >= 4 is 35.3 Å². The first-order valence-electron chi connectivity index (χ1n) is 13.1. The van der Waals surface area contributed by atoms with E-state index in [-0.39, 0.29) is 30.2 Å². The quantitative estimate of drug-likeness (QED) is 0.405. The Morgan fingerprint density at radius 2 is 1.89 bits per heavy atom. The summed E-state index contributed by atoms with van der Waals surface area (Å²) in [6.07, 6.45) is 12.7. The van der Waals surface area contributed by atoms with Crippen LogP contribution in [0.25, 0.3) is 17.0 Å². The van der Waals surface area contributed by atoms with Gasteiger partial charge < -0.3 is 15.2 Å². The van der Waals surface area contributed by atoms with E-state index in [1.54, 1.807) is 24.4 Å². The first-order valence-corrected chi connectivity index (χ1v) is 13.1. The van der Waals surface area contributed by atoms with Gasteiger partial charge in [0.15, 0.2) is 0 Å². The minimum Gasteiger partial charge on any atom is -0.361 e. The Balaban J connectivity index is 0.00000320. The van der Waals surface area contributed by atoms with Crippen molar-refractivity contribution in [3.05, 3.63) is 76.7 Å². The van der Waals surface area contributed by atoms with Crippen molar-refractivity contribution in [1.82, 2.24) is 15.2 Å². The fraction of sp³-hybridized carbons (Fsp3) is 0.400. The number of carbonyl (C=O) groups is 1. The van der Waals surface area contributed by atoms with Gasteiger partial charge in [0.05, 0.1) is 11.6 Å². The zero-order chi connectivity index (χ0) is 24.9. The van der Waals surface area contributed by atoms with Crippen LogP contribution in [0.5, 0.6) is 0 Å². The smallest absolute Gasteiger partial charge is 0.244 e. The van der Waals surface area contributed by atoms with Gasteiger partial charge in [-0.05, 0) is 105 Å². The molecule has 2 aliphatic rings. The SMILES string of the molecule is Cl.N#Cc1ccc2c(c1)CCN(CCC1CCC(NC(=O)/C=C/c3c[nH]c4ccc(F)cc34)CC1)CC2. The molecule has 2 heterocycles. The van der Waals surface area contributed by atoms with Gasteiger partial charge in [0.25, 0.3) is 0 Å². The Morgan fingerprint density at radius 3 is 2.68 bits per heavy atom. The molecule has 1 fully saturated rings. The van der Waals surface area contributed by atoms with E-state index >= 15 is 0 Å². The number of nitrogens with one attached hydrogen (secondary N) is 2. The zero-order valence-electron chi connectivity index (χ0n) is 21.0. The summed E-state index contributed by atoms with van der Waals surface area (Å²) < 4.78 is 13.6. The number of hydrogen-bond acceptors (Lipinski definition) is 3. The van der Waals surface area contributed by atoms with Gasteiger partial charge in [0, 0.05) is 47.9 Å². The van der Waals surface area contributed by atoms with Gasteiger partial charge in [-0.2, -0.15) is 5.26 Å². The number of amides is 1. The second-order valence-corrected chi connectivity index (χ2v) is 10.2. The number of fused-ring (bicyclic) bond motifs is 2.